The molecule has 1 aromatic carbocycles. The SMILES string of the molecule is CC.CCN(C)C(=O)c1ccc(F)cc1. The molecule has 0 atom stereocenters. The van der Waals surface area contributed by atoms with Crippen LogP contribution in [0.15, 0.2) is 24.3 Å². The molecule has 3 heteroatoms. The van der Waals surface area contributed by atoms with Crippen LogP contribution in [0.3, 0.4) is 0 Å². The Morgan fingerprint density at radius 1 is 1.27 bits per heavy atom. The molecule has 1 rings (SSSR count). The summed E-state index contributed by atoms with van der Waals surface area (Å²) in [6.45, 7) is 6.54. The van der Waals surface area contributed by atoms with Crippen molar-refractivity contribution in [3.8, 4) is 0 Å². The molecule has 0 unspecified atom stereocenters. The molecule has 2 nitrogen and oxygen atoms in total. The summed E-state index contributed by atoms with van der Waals surface area (Å²) in [7, 11) is 1.71. The molecule has 1 amide bonds. The van der Waals surface area contributed by atoms with E-state index in [1.165, 1.54) is 24.3 Å². The minimum Gasteiger partial charge on any atom is -0.342 e. The molecule has 0 aliphatic carbocycles. The Balaban J connectivity index is 0.000000921. The molecule has 1 aromatic rings. The average molecular weight is 211 g/mol. The highest BCUT2D eigenvalue weighted by atomic mass is 19.1. The molecule has 15 heavy (non-hydrogen) atoms. The molecule has 0 aliphatic rings. The standard InChI is InChI=1S/C10H12FNO.C2H6/c1-3-12(2)10(13)8-4-6-9(11)7-5-8;1-2/h4-7H,3H2,1-2H3;1-2H3. The lowest BCUT2D eigenvalue weighted by molar-refractivity contribution is 0.0802. The maximum atomic E-state index is 12.5. The Labute approximate surface area is 90.7 Å². The predicted octanol–water partition coefficient (Wildman–Crippen LogP) is 2.94. The maximum Gasteiger partial charge on any atom is 0.253 e. The summed E-state index contributed by atoms with van der Waals surface area (Å²) < 4.78 is 12.5. The van der Waals surface area contributed by atoms with Crippen molar-refractivity contribution in [1.29, 1.82) is 0 Å². The van der Waals surface area contributed by atoms with E-state index in [2.05, 4.69) is 0 Å². The van der Waals surface area contributed by atoms with Gasteiger partial charge in [0.15, 0.2) is 0 Å². The Hall–Kier alpha value is -1.38. The fraction of sp³-hybridized carbons (Fsp3) is 0.417. The van der Waals surface area contributed by atoms with Gasteiger partial charge in [-0.1, -0.05) is 13.8 Å². The highest BCUT2D eigenvalue weighted by Crippen LogP contribution is 2.05. The number of benzene rings is 1. The summed E-state index contributed by atoms with van der Waals surface area (Å²) in [6.07, 6.45) is 0. The minimum absolute atomic E-state index is 0.0810. The van der Waals surface area contributed by atoms with Crippen LogP contribution >= 0.6 is 0 Å². The van der Waals surface area contributed by atoms with Crippen LogP contribution in [0.5, 0.6) is 0 Å². The van der Waals surface area contributed by atoms with Crippen LogP contribution in [0.2, 0.25) is 0 Å². The van der Waals surface area contributed by atoms with Gasteiger partial charge >= 0.3 is 0 Å². The molecule has 0 aromatic heterocycles. The van der Waals surface area contributed by atoms with E-state index in [-0.39, 0.29) is 11.7 Å². The lowest BCUT2D eigenvalue weighted by atomic mass is 10.2. The lowest BCUT2D eigenvalue weighted by Crippen LogP contribution is -2.26. The second-order valence-corrected chi connectivity index (χ2v) is 2.83. The van der Waals surface area contributed by atoms with Crippen molar-refractivity contribution in [3.05, 3.63) is 35.6 Å². The van der Waals surface area contributed by atoms with Gasteiger partial charge in [-0.25, -0.2) is 4.39 Å². The topological polar surface area (TPSA) is 20.3 Å². The largest absolute Gasteiger partial charge is 0.342 e. The Morgan fingerprint density at radius 2 is 1.73 bits per heavy atom. The van der Waals surface area contributed by atoms with Crippen molar-refractivity contribution in [2.45, 2.75) is 20.8 Å². The van der Waals surface area contributed by atoms with E-state index >= 15 is 0 Å². The molecular weight excluding hydrogens is 193 g/mol. The van der Waals surface area contributed by atoms with E-state index < -0.39 is 0 Å². The summed E-state index contributed by atoms with van der Waals surface area (Å²) in [5.74, 6) is -0.404. The van der Waals surface area contributed by atoms with Gasteiger partial charge in [-0.2, -0.15) is 0 Å². The highest BCUT2D eigenvalue weighted by molar-refractivity contribution is 5.93. The van der Waals surface area contributed by atoms with Crippen molar-refractivity contribution < 1.29 is 9.18 Å². The van der Waals surface area contributed by atoms with Gasteiger partial charge in [-0.3, -0.25) is 4.79 Å². The smallest absolute Gasteiger partial charge is 0.253 e. The van der Waals surface area contributed by atoms with Gasteiger partial charge in [0.1, 0.15) is 5.82 Å². The van der Waals surface area contributed by atoms with Crippen LogP contribution in [-0.4, -0.2) is 24.4 Å². The fourth-order valence-corrected chi connectivity index (χ4v) is 0.956. The highest BCUT2D eigenvalue weighted by Gasteiger charge is 2.08. The average Bonchev–Trinajstić information content (AvgIpc) is 2.31. The second kappa shape index (κ2) is 6.98. The van der Waals surface area contributed by atoms with Crippen molar-refractivity contribution in [2.24, 2.45) is 0 Å². The van der Waals surface area contributed by atoms with Crippen LogP contribution in [0.1, 0.15) is 31.1 Å². The molecule has 0 saturated heterocycles. The molecule has 0 fully saturated rings. The first-order chi connectivity index (χ1) is 7.15. The number of hydrogen-bond acceptors (Lipinski definition) is 1. The molecular formula is C12H18FNO. The van der Waals surface area contributed by atoms with Crippen molar-refractivity contribution >= 4 is 5.91 Å². The second-order valence-electron chi connectivity index (χ2n) is 2.83. The Morgan fingerprint density at radius 3 is 2.13 bits per heavy atom. The molecule has 0 N–H and O–H groups in total. The molecule has 0 radical (unpaired) electrons. The van der Waals surface area contributed by atoms with Crippen molar-refractivity contribution in [3.63, 3.8) is 0 Å². The molecule has 0 aliphatic heterocycles. The number of nitrogens with zero attached hydrogens (tertiary/aromatic N) is 1. The fourth-order valence-electron chi connectivity index (χ4n) is 0.956. The van der Waals surface area contributed by atoms with Gasteiger partial charge < -0.3 is 4.90 Å². The quantitative estimate of drug-likeness (QED) is 0.736. The van der Waals surface area contributed by atoms with Crippen molar-refractivity contribution in [1.82, 2.24) is 4.90 Å². The van der Waals surface area contributed by atoms with Gasteiger partial charge in [0.2, 0.25) is 0 Å². The third-order valence-electron chi connectivity index (χ3n) is 1.91. The van der Waals surface area contributed by atoms with Crippen LogP contribution in [0, 0.1) is 5.82 Å². The number of amides is 1. The molecule has 0 saturated carbocycles. The van der Waals surface area contributed by atoms with Crippen molar-refractivity contribution in [2.75, 3.05) is 13.6 Å². The molecule has 84 valence electrons. The number of rotatable bonds is 2. The maximum absolute atomic E-state index is 12.5. The zero-order chi connectivity index (χ0) is 11.8. The van der Waals surface area contributed by atoms with E-state index in [4.69, 9.17) is 0 Å². The third kappa shape index (κ3) is 4.11. The van der Waals surface area contributed by atoms with E-state index in [1.54, 1.807) is 11.9 Å². The predicted molar refractivity (Wildman–Crippen MR) is 60.4 cm³/mol. The Bertz CT molecular complexity index is 295. The number of halogens is 1. The molecule has 0 heterocycles. The monoisotopic (exact) mass is 211 g/mol. The third-order valence-corrected chi connectivity index (χ3v) is 1.91. The van der Waals surface area contributed by atoms with Gasteiger partial charge in [0.05, 0.1) is 0 Å². The summed E-state index contributed by atoms with van der Waals surface area (Å²) >= 11 is 0. The van der Waals surface area contributed by atoms with E-state index in [1.807, 2.05) is 20.8 Å². The van der Waals surface area contributed by atoms with Gasteiger partial charge in [-0.15, -0.1) is 0 Å². The number of hydrogen-bond donors (Lipinski definition) is 0. The first kappa shape index (κ1) is 13.6. The van der Waals surface area contributed by atoms with Crippen LogP contribution < -0.4 is 0 Å². The van der Waals surface area contributed by atoms with Gasteiger partial charge in [-0.05, 0) is 31.2 Å². The van der Waals surface area contributed by atoms with Crippen LogP contribution in [-0.2, 0) is 0 Å². The normalized spacial score (nSPS) is 8.87. The summed E-state index contributed by atoms with van der Waals surface area (Å²) in [5, 5.41) is 0. The first-order valence-corrected chi connectivity index (χ1v) is 5.16. The zero-order valence-electron chi connectivity index (χ0n) is 9.75. The molecule has 0 bridgehead atoms. The van der Waals surface area contributed by atoms with Gasteiger partial charge in [0.25, 0.3) is 5.91 Å². The zero-order valence-corrected chi connectivity index (χ0v) is 9.75. The first-order valence-electron chi connectivity index (χ1n) is 5.16. The lowest BCUT2D eigenvalue weighted by Gasteiger charge is -2.13. The van der Waals surface area contributed by atoms with E-state index in [0.717, 1.165) is 0 Å². The van der Waals surface area contributed by atoms with Crippen LogP contribution in [0.25, 0.3) is 0 Å². The van der Waals surface area contributed by atoms with Gasteiger partial charge in [0, 0.05) is 19.2 Å². The van der Waals surface area contributed by atoms with E-state index in [0.29, 0.717) is 12.1 Å². The Kier molecular flexibility index (Phi) is 6.34. The summed E-state index contributed by atoms with van der Waals surface area (Å²) in [4.78, 5) is 13.1. The number of carbonyl (C=O) groups excluding carboxylic acids is 1. The summed E-state index contributed by atoms with van der Waals surface area (Å²) in [6, 6.07) is 5.56. The molecule has 0 spiro atoms. The number of carbonyl (C=O) groups is 1. The van der Waals surface area contributed by atoms with Crippen LogP contribution in [0.4, 0.5) is 4.39 Å². The summed E-state index contributed by atoms with van der Waals surface area (Å²) in [5.41, 5.74) is 0.519. The minimum atomic E-state index is -0.323. The van der Waals surface area contributed by atoms with E-state index in [9.17, 15) is 9.18 Å².